The standard InChI is InChI=1S/C20H19FN2O2/c1-2-25-20(24)17-11-15-14-5-3-4-6-16(14)22-19(15)18(23-17)12-7-9-13(21)10-8-12/h3-10,17-18,22-23H,2,11H2,1H3/t17-,18-/m0/s1. The molecule has 0 fully saturated rings. The van der Waals surface area contributed by atoms with E-state index in [1.807, 2.05) is 18.2 Å². The monoisotopic (exact) mass is 338 g/mol. The Morgan fingerprint density at radius 2 is 1.96 bits per heavy atom. The number of para-hydroxylation sites is 1. The highest BCUT2D eigenvalue weighted by molar-refractivity contribution is 5.87. The van der Waals surface area contributed by atoms with Crippen molar-refractivity contribution in [3.05, 3.63) is 71.2 Å². The fraction of sp³-hybridized carbons (Fsp3) is 0.250. The molecule has 0 saturated heterocycles. The zero-order valence-corrected chi connectivity index (χ0v) is 13.9. The predicted molar refractivity (Wildman–Crippen MR) is 93.8 cm³/mol. The Balaban J connectivity index is 1.82. The second-order valence-corrected chi connectivity index (χ2v) is 6.22. The minimum Gasteiger partial charge on any atom is -0.465 e. The van der Waals surface area contributed by atoms with Crippen molar-refractivity contribution in [2.45, 2.75) is 25.4 Å². The van der Waals surface area contributed by atoms with Crippen LogP contribution < -0.4 is 5.32 Å². The van der Waals surface area contributed by atoms with Gasteiger partial charge in [0.2, 0.25) is 0 Å². The first-order valence-electron chi connectivity index (χ1n) is 8.45. The summed E-state index contributed by atoms with van der Waals surface area (Å²) in [7, 11) is 0. The molecule has 3 aromatic rings. The first kappa shape index (κ1) is 15.8. The number of ether oxygens (including phenoxy) is 1. The Morgan fingerprint density at radius 1 is 1.20 bits per heavy atom. The van der Waals surface area contributed by atoms with Crippen molar-refractivity contribution in [2.24, 2.45) is 0 Å². The summed E-state index contributed by atoms with van der Waals surface area (Å²) in [6.07, 6.45) is 0.565. The van der Waals surface area contributed by atoms with Crippen LogP contribution in [0.2, 0.25) is 0 Å². The molecule has 4 rings (SSSR count). The number of esters is 1. The van der Waals surface area contributed by atoms with Crippen LogP contribution in [0, 0.1) is 5.82 Å². The number of benzene rings is 2. The number of carbonyl (C=O) groups is 1. The van der Waals surface area contributed by atoms with Gasteiger partial charge in [0.1, 0.15) is 11.9 Å². The maximum Gasteiger partial charge on any atom is 0.323 e. The highest BCUT2D eigenvalue weighted by Gasteiger charge is 2.34. The van der Waals surface area contributed by atoms with E-state index < -0.39 is 6.04 Å². The minimum atomic E-state index is -0.429. The minimum absolute atomic E-state index is 0.217. The second kappa shape index (κ2) is 6.33. The van der Waals surface area contributed by atoms with Gasteiger partial charge in [0.15, 0.2) is 0 Å². The van der Waals surface area contributed by atoms with Gasteiger partial charge in [-0.3, -0.25) is 10.1 Å². The van der Waals surface area contributed by atoms with Gasteiger partial charge >= 0.3 is 5.97 Å². The smallest absolute Gasteiger partial charge is 0.323 e. The van der Waals surface area contributed by atoms with Crippen LogP contribution in [0.1, 0.15) is 29.8 Å². The predicted octanol–water partition coefficient (Wildman–Crippen LogP) is 3.47. The fourth-order valence-corrected chi connectivity index (χ4v) is 3.55. The van der Waals surface area contributed by atoms with Gasteiger partial charge in [-0.1, -0.05) is 30.3 Å². The average Bonchev–Trinajstić information content (AvgIpc) is 3.00. The molecule has 0 aliphatic carbocycles. The number of aromatic nitrogens is 1. The molecule has 2 N–H and O–H groups in total. The van der Waals surface area contributed by atoms with E-state index in [-0.39, 0.29) is 17.8 Å². The summed E-state index contributed by atoms with van der Waals surface area (Å²) in [6, 6.07) is 13.8. The van der Waals surface area contributed by atoms with E-state index in [2.05, 4.69) is 16.4 Å². The maximum absolute atomic E-state index is 13.3. The van der Waals surface area contributed by atoms with Crippen LogP contribution in [0.4, 0.5) is 4.39 Å². The zero-order valence-electron chi connectivity index (χ0n) is 13.9. The van der Waals surface area contributed by atoms with Gasteiger partial charge in [0, 0.05) is 23.0 Å². The van der Waals surface area contributed by atoms with Gasteiger partial charge in [0.05, 0.1) is 12.6 Å². The van der Waals surface area contributed by atoms with Crippen LogP contribution in [0.5, 0.6) is 0 Å². The number of halogens is 1. The zero-order chi connectivity index (χ0) is 17.4. The topological polar surface area (TPSA) is 54.1 Å². The Morgan fingerprint density at radius 3 is 2.72 bits per heavy atom. The van der Waals surface area contributed by atoms with Crippen LogP contribution in [0.3, 0.4) is 0 Å². The summed E-state index contributed by atoms with van der Waals surface area (Å²) in [5.74, 6) is -0.538. The van der Waals surface area contributed by atoms with Crippen molar-refractivity contribution in [3.8, 4) is 0 Å². The van der Waals surface area contributed by atoms with Gasteiger partial charge in [-0.25, -0.2) is 4.39 Å². The number of H-pyrrole nitrogens is 1. The highest BCUT2D eigenvalue weighted by atomic mass is 19.1. The van der Waals surface area contributed by atoms with Crippen LogP contribution in [-0.4, -0.2) is 23.6 Å². The Hall–Kier alpha value is -2.66. The van der Waals surface area contributed by atoms with E-state index in [0.717, 1.165) is 27.7 Å². The van der Waals surface area contributed by atoms with E-state index in [9.17, 15) is 9.18 Å². The van der Waals surface area contributed by atoms with E-state index in [1.54, 1.807) is 19.1 Å². The van der Waals surface area contributed by atoms with Gasteiger partial charge in [0.25, 0.3) is 0 Å². The lowest BCUT2D eigenvalue weighted by molar-refractivity contribution is -0.146. The van der Waals surface area contributed by atoms with E-state index in [1.165, 1.54) is 12.1 Å². The Labute approximate surface area is 145 Å². The molecule has 0 bridgehead atoms. The molecule has 2 aromatic carbocycles. The van der Waals surface area contributed by atoms with Crippen molar-refractivity contribution < 1.29 is 13.9 Å². The SMILES string of the molecule is CCOC(=O)[C@@H]1Cc2c([nH]c3ccccc23)[C@H](c2ccc(F)cc2)N1. The normalized spacial score (nSPS) is 19.6. The Bertz CT molecular complexity index is 917. The third-order valence-corrected chi connectivity index (χ3v) is 4.69. The second-order valence-electron chi connectivity index (χ2n) is 6.22. The molecule has 0 spiro atoms. The van der Waals surface area contributed by atoms with Crippen molar-refractivity contribution in [2.75, 3.05) is 6.61 Å². The highest BCUT2D eigenvalue weighted by Crippen LogP contribution is 2.35. The molecule has 2 heterocycles. The molecular formula is C20H19FN2O2. The number of rotatable bonds is 3. The summed E-state index contributed by atoms with van der Waals surface area (Å²) < 4.78 is 18.5. The lowest BCUT2D eigenvalue weighted by Crippen LogP contribution is -2.45. The van der Waals surface area contributed by atoms with Crippen molar-refractivity contribution in [1.82, 2.24) is 10.3 Å². The molecule has 5 heteroatoms. The number of hydrogen-bond acceptors (Lipinski definition) is 3. The van der Waals surface area contributed by atoms with Crippen molar-refractivity contribution >= 4 is 16.9 Å². The number of carbonyl (C=O) groups excluding carboxylic acids is 1. The lowest BCUT2D eigenvalue weighted by Gasteiger charge is -2.30. The molecule has 1 aromatic heterocycles. The fourth-order valence-electron chi connectivity index (χ4n) is 3.55. The molecule has 0 saturated carbocycles. The van der Waals surface area contributed by atoms with Crippen LogP contribution in [0.25, 0.3) is 10.9 Å². The van der Waals surface area contributed by atoms with Crippen molar-refractivity contribution in [1.29, 1.82) is 0 Å². The molecule has 0 amide bonds. The average molecular weight is 338 g/mol. The molecule has 1 aliphatic heterocycles. The summed E-state index contributed by atoms with van der Waals surface area (Å²) in [5, 5.41) is 4.47. The van der Waals surface area contributed by atoms with Gasteiger partial charge in [-0.15, -0.1) is 0 Å². The molecule has 0 unspecified atom stereocenters. The first-order valence-corrected chi connectivity index (χ1v) is 8.45. The van der Waals surface area contributed by atoms with Gasteiger partial charge < -0.3 is 9.72 Å². The van der Waals surface area contributed by atoms with Crippen molar-refractivity contribution in [3.63, 3.8) is 0 Å². The molecule has 2 atom stereocenters. The molecule has 4 nitrogen and oxygen atoms in total. The molecule has 1 aliphatic rings. The quantitative estimate of drug-likeness (QED) is 0.719. The largest absolute Gasteiger partial charge is 0.465 e. The number of nitrogens with one attached hydrogen (secondary N) is 2. The van der Waals surface area contributed by atoms with E-state index in [0.29, 0.717) is 13.0 Å². The molecule has 0 radical (unpaired) electrons. The number of hydrogen-bond donors (Lipinski definition) is 2. The first-order chi connectivity index (χ1) is 12.2. The maximum atomic E-state index is 13.3. The van der Waals surface area contributed by atoms with Crippen LogP contribution >= 0.6 is 0 Å². The number of aromatic amines is 1. The van der Waals surface area contributed by atoms with Crippen LogP contribution in [0.15, 0.2) is 48.5 Å². The molecule has 25 heavy (non-hydrogen) atoms. The molecular weight excluding hydrogens is 319 g/mol. The summed E-state index contributed by atoms with van der Waals surface area (Å²) in [5.41, 5.74) is 4.07. The van der Waals surface area contributed by atoms with Gasteiger partial charge in [-0.2, -0.15) is 0 Å². The van der Waals surface area contributed by atoms with Crippen LogP contribution in [-0.2, 0) is 16.0 Å². The molecule has 128 valence electrons. The van der Waals surface area contributed by atoms with Gasteiger partial charge in [-0.05, 0) is 36.2 Å². The third kappa shape index (κ3) is 2.81. The summed E-state index contributed by atoms with van der Waals surface area (Å²) in [4.78, 5) is 15.8. The third-order valence-electron chi connectivity index (χ3n) is 4.69. The summed E-state index contributed by atoms with van der Waals surface area (Å²) >= 11 is 0. The Kier molecular flexibility index (Phi) is 4.01. The van der Waals surface area contributed by atoms with E-state index >= 15 is 0 Å². The lowest BCUT2D eigenvalue weighted by atomic mass is 9.90. The number of fused-ring (bicyclic) bond motifs is 3. The van der Waals surface area contributed by atoms with E-state index in [4.69, 9.17) is 4.74 Å². The summed E-state index contributed by atoms with van der Waals surface area (Å²) in [6.45, 7) is 2.15.